The summed E-state index contributed by atoms with van der Waals surface area (Å²) in [6.07, 6.45) is -0.383. The molecule has 0 bridgehead atoms. The topological polar surface area (TPSA) is 55.8 Å². The van der Waals surface area contributed by atoms with Crippen LogP contribution < -0.4 is 10.6 Å². The summed E-state index contributed by atoms with van der Waals surface area (Å²) in [7, 11) is 3.13. The van der Waals surface area contributed by atoms with E-state index in [1.165, 1.54) is 11.9 Å². The van der Waals surface area contributed by atoms with Crippen molar-refractivity contribution in [3.8, 4) is 0 Å². The molecule has 0 spiro atoms. The molecule has 0 unspecified atom stereocenters. The summed E-state index contributed by atoms with van der Waals surface area (Å²) in [5, 5.41) is 6.46. The highest BCUT2D eigenvalue weighted by atomic mass is 127. The normalized spacial score (nSPS) is 16.7. The van der Waals surface area contributed by atoms with Crippen LogP contribution in [0.2, 0.25) is 0 Å². The van der Waals surface area contributed by atoms with Gasteiger partial charge in [-0.15, -0.1) is 24.0 Å². The molecule has 1 aromatic heterocycles. The van der Waals surface area contributed by atoms with Crippen molar-refractivity contribution in [2.45, 2.75) is 31.6 Å². The fraction of sp³-hybridized carbons (Fsp3) is 0.667. The Bertz CT molecular complexity index is 576. The molecule has 1 aliphatic heterocycles. The zero-order valence-corrected chi connectivity index (χ0v) is 18.7. The van der Waals surface area contributed by atoms with Gasteiger partial charge in [0.15, 0.2) is 5.96 Å². The van der Waals surface area contributed by atoms with E-state index in [4.69, 9.17) is 0 Å². The van der Waals surface area contributed by atoms with Crippen LogP contribution >= 0.6 is 24.0 Å². The predicted octanol–water partition coefficient (Wildman–Crippen LogP) is 2.32. The van der Waals surface area contributed by atoms with Gasteiger partial charge in [-0.3, -0.25) is 19.8 Å². The summed E-state index contributed by atoms with van der Waals surface area (Å²) in [6.45, 7) is 2.59. The van der Waals surface area contributed by atoms with Crippen molar-refractivity contribution in [1.29, 1.82) is 0 Å². The van der Waals surface area contributed by atoms with E-state index in [0.29, 0.717) is 25.1 Å². The van der Waals surface area contributed by atoms with Crippen molar-refractivity contribution in [3.63, 3.8) is 0 Å². The van der Waals surface area contributed by atoms with Gasteiger partial charge in [0.2, 0.25) is 0 Å². The zero-order chi connectivity index (χ0) is 19.7. The van der Waals surface area contributed by atoms with Gasteiger partial charge < -0.3 is 10.6 Å². The van der Waals surface area contributed by atoms with Gasteiger partial charge in [0.25, 0.3) is 0 Å². The van der Waals surface area contributed by atoms with Gasteiger partial charge in [-0.2, -0.15) is 13.2 Å². The summed E-state index contributed by atoms with van der Waals surface area (Å²) < 4.78 is 37.0. The summed E-state index contributed by atoms with van der Waals surface area (Å²) in [5.41, 5.74) is 1.07. The van der Waals surface area contributed by atoms with Crippen LogP contribution in [0.15, 0.2) is 29.4 Å². The van der Waals surface area contributed by atoms with E-state index in [0.717, 1.165) is 38.2 Å². The SMILES string of the molecule is CN=C(NCCN(C)CC(F)(F)F)NC1CCN(Cc2ccccn2)CC1.I. The lowest BCUT2D eigenvalue weighted by atomic mass is 10.0. The number of piperidine rings is 1. The van der Waals surface area contributed by atoms with Crippen LogP contribution in [0.3, 0.4) is 0 Å². The third kappa shape index (κ3) is 9.87. The van der Waals surface area contributed by atoms with Gasteiger partial charge in [-0.05, 0) is 32.0 Å². The zero-order valence-electron chi connectivity index (χ0n) is 16.4. The molecule has 0 saturated carbocycles. The van der Waals surface area contributed by atoms with Crippen molar-refractivity contribution >= 4 is 29.9 Å². The third-order valence-electron chi connectivity index (χ3n) is 4.50. The number of guanidine groups is 1. The predicted molar refractivity (Wildman–Crippen MR) is 116 cm³/mol. The highest BCUT2D eigenvalue weighted by Gasteiger charge is 2.28. The molecule has 1 fully saturated rings. The van der Waals surface area contributed by atoms with E-state index in [9.17, 15) is 13.2 Å². The molecule has 160 valence electrons. The molecule has 2 N–H and O–H groups in total. The Balaban J connectivity index is 0.00000392. The van der Waals surface area contributed by atoms with E-state index in [2.05, 4.69) is 25.5 Å². The molecule has 2 heterocycles. The van der Waals surface area contributed by atoms with Crippen molar-refractivity contribution in [2.24, 2.45) is 4.99 Å². The molecule has 10 heteroatoms. The Labute approximate surface area is 182 Å². The number of hydrogen-bond donors (Lipinski definition) is 2. The number of aliphatic imine (C=N–C) groups is 1. The summed E-state index contributed by atoms with van der Waals surface area (Å²) in [6, 6.07) is 6.26. The van der Waals surface area contributed by atoms with Gasteiger partial charge in [0, 0.05) is 52.0 Å². The van der Waals surface area contributed by atoms with E-state index >= 15 is 0 Å². The van der Waals surface area contributed by atoms with E-state index in [-0.39, 0.29) is 24.0 Å². The highest BCUT2D eigenvalue weighted by Crippen LogP contribution is 2.15. The number of rotatable bonds is 7. The monoisotopic (exact) mass is 514 g/mol. The van der Waals surface area contributed by atoms with Crippen molar-refractivity contribution in [2.75, 3.05) is 46.8 Å². The summed E-state index contributed by atoms with van der Waals surface area (Å²) in [4.78, 5) is 12.2. The van der Waals surface area contributed by atoms with E-state index in [1.807, 2.05) is 24.4 Å². The van der Waals surface area contributed by atoms with Crippen LogP contribution in [0, 0.1) is 0 Å². The van der Waals surface area contributed by atoms with E-state index < -0.39 is 12.7 Å². The molecular weight excluding hydrogens is 484 g/mol. The Morgan fingerprint density at radius 2 is 2.04 bits per heavy atom. The summed E-state index contributed by atoms with van der Waals surface area (Å²) >= 11 is 0. The van der Waals surface area contributed by atoms with E-state index in [1.54, 1.807) is 7.05 Å². The van der Waals surface area contributed by atoms with Crippen molar-refractivity contribution in [3.05, 3.63) is 30.1 Å². The number of alkyl halides is 3. The molecule has 28 heavy (non-hydrogen) atoms. The molecule has 0 aromatic carbocycles. The fourth-order valence-electron chi connectivity index (χ4n) is 3.09. The largest absolute Gasteiger partial charge is 0.401 e. The van der Waals surface area contributed by atoms with Gasteiger partial charge >= 0.3 is 6.18 Å². The minimum Gasteiger partial charge on any atom is -0.355 e. The quantitative estimate of drug-likeness (QED) is 0.333. The van der Waals surface area contributed by atoms with Crippen LogP contribution in [0.1, 0.15) is 18.5 Å². The number of hydrogen-bond acceptors (Lipinski definition) is 4. The first-order valence-electron chi connectivity index (χ1n) is 9.20. The minimum atomic E-state index is -4.17. The Kier molecular flexibility index (Phi) is 11.1. The average Bonchev–Trinajstić information content (AvgIpc) is 2.62. The molecule has 2 rings (SSSR count). The lowest BCUT2D eigenvalue weighted by Crippen LogP contribution is -2.49. The lowest BCUT2D eigenvalue weighted by Gasteiger charge is -2.33. The number of nitrogens with zero attached hydrogens (tertiary/aromatic N) is 4. The molecule has 1 saturated heterocycles. The van der Waals surface area contributed by atoms with Gasteiger partial charge in [0.05, 0.1) is 12.2 Å². The van der Waals surface area contributed by atoms with Crippen LogP contribution in [-0.4, -0.2) is 79.8 Å². The van der Waals surface area contributed by atoms with Crippen LogP contribution in [0.5, 0.6) is 0 Å². The maximum Gasteiger partial charge on any atom is 0.401 e. The Morgan fingerprint density at radius 1 is 1.32 bits per heavy atom. The Hall–Kier alpha value is -1.14. The number of pyridine rings is 1. The van der Waals surface area contributed by atoms with Gasteiger partial charge in [0.1, 0.15) is 0 Å². The number of likely N-dealkylation sites (N-methyl/N-ethyl adjacent to an activating group) is 1. The second kappa shape index (κ2) is 12.4. The summed E-state index contributed by atoms with van der Waals surface area (Å²) in [5.74, 6) is 0.638. The molecule has 0 amide bonds. The standard InChI is InChI=1S/C18H29F3N6.HI/c1-22-17(24-9-12-26(2)14-18(19,20)21)25-15-6-10-27(11-7-15)13-16-5-3-4-8-23-16;/h3-5,8,15H,6-7,9-14H2,1-2H3,(H2,22,24,25);1H. The molecule has 1 aliphatic rings. The number of aromatic nitrogens is 1. The minimum absolute atomic E-state index is 0. The second-order valence-corrected chi connectivity index (χ2v) is 6.87. The number of likely N-dealkylation sites (tertiary alicyclic amines) is 1. The van der Waals surface area contributed by atoms with Gasteiger partial charge in [-0.25, -0.2) is 0 Å². The second-order valence-electron chi connectivity index (χ2n) is 6.87. The van der Waals surface area contributed by atoms with Crippen molar-refractivity contribution < 1.29 is 13.2 Å². The first kappa shape index (κ1) is 24.9. The molecular formula is C18H30F3IN6. The smallest absolute Gasteiger partial charge is 0.355 e. The maximum absolute atomic E-state index is 12.3. The third-order valence-corrected chi connectivity index (χ3v) is 4.50. The first-order chi connectivity index (χ1) is 12.9. The van der Waals surface area contributed by atoms with Crippen LogP contribution in [-0.2, 0) is 6.54 Å². The number of halogens is 4. The molecule has 0 aliphatic carbocycles. The average molecular weight is 514 g/mol. The maximum atomic E-state index is 12.3. The van der Waals surface area contributed by atoms with Gasteiger partial charge in [-0.1, -0.05) is 6.07 Å². The fourth-order valence-corrected chi connectivity index (χ4v) is 3.09. The van der Waals surface area contributed by atoms with Crippen LogP contribution in [0.25, 0.3) is 0 Å². The molecule has 0 radical (unpaired) electrons. The highest BCUT2D eigenvalue weighted by molar-refractivity contribution is 14.0. The number of nitrogens with one attached hydrogen (secondary N) is 2. The first-order valence-corrected chi connectivity index (χ1v) is 9.20. The lowest BCUT2D eigenvalue weighted by molar-refractivity contribution is -0.142. The van der Waals surface area contributed by atoms with Crippen LogP contribution in [0.4, 0.5) is 13.2 Å². The van der Waals surface area contributed by atoms with Crippen molar-refractivity contribution in [1.82, 2.24) is 25.4 Å². The molecule has 6 nitrogen and oxygen atoms in total. The molecule has 1 aromatic rings. The Morgan fingerprint density at radius 3 is 2.61 bits per heavy atom. The molecule has 0 atom stereocenters.